The van der Waals surface area contributed by atoms with E-state index in [4.69, 9.17) is 5.73 Å². The van der Waals surface area contributed by atoms with Gasteiger partial charge in [-0.15, -0.1) is 11.3 Å². The number of hydrogen-bond donors (Lipinski definition) is 2. The van der Waals surface area contributed by atoms with Crippen molar-refractivity contribution in [3.05, 3.63) is 81.7 Å². The Labute approximate surface area is 214 Å². The number of primary amides is 1. The van der Waals surface area contributed by atoms with Gasteiger partial charge in [-0.3, -0.25) is 14.5 Å². The number of nitrogens with one attached hydrogen (secondary N) is 1. The number of carbonyl (C=O) groups is 2. The minimum Gasteiger partial charge on any atom is -0.365 e. The number of anilines is 1. The lowest BCUT2D eigenvalue weighted by atomic mass is 10.0. The first-order valence-corrected chi connectivity index (χ1v) is 14.1. The molecule has 10 heteroatoms. The van der Waals surface area contributed by atoms with Crippen molar-refractivity contribution in [1.82, 2.24) is 9.21 Å². The molecule has 2 heterocycles. The summed E-state index contributed by atoms with van der Waals surface area (Å²) in [6, 6.07) is 16.1. The Balaban J connectivity index is 1.32. The summed E-state index contributed by atoms with van der Waals surface area (Å²) in [6.07, 6.45) is 2.41. The number of carbonyl (C=O) groups excluding carboxylic acids is 2. The van der Waals surface area contributed by atoms with Crippen LogP contribution in [-0.2, 0) is 29.5 Å². The lowest BCUT2D eigenvalue weighted by Gasteiger charge is -2.27. The van der Waals surface area contributed by atoms with Crippen molar-refractivity contribution in [1.29, 1.82) is 0 Å². The molecule has 2 aliphatic rings. The molecule has 8 nitrogen and oxygen atoms in total. The Morgan fingerprint density at radius 1 is 1.11 bits per heavy atom. The maximum atomic E-state index is 13.0. The molecule has 1 saturated carbocycles. The Hall–Kier alpha value is -3.05. The molecule has 2 amide bonds. The van der Waals surface area contributed by atoms with Gasteiger partial charge >= 0.3 is 0 Å². The third-order valence-electron chi connectivity index (χ3n) is 6.71. The highest BCUT2D eigenvalue weighted by Crippen LogP contribution is 2.37. The van der Waals surface area contributed by atoms with E-state index in [1.165, 1.54) is 45.5 Å². The van der Waals surface area contributed by atoms with E-state index in [-0.39, 0.29) is 10.9 Å². The fraction of sp³-hybridized carbons (Fsp3) is 0.308. The molecule has 0 bridgehead atoms. The first-order valence-electron chi connectivity index (χ1n) is 11.8. The number of hydrogen-bond acceptors (Lipinski definition) is 6. The molecule has 5 rings (SSSR count). The lowest BCUT2D eigenvalue weighted by Crippen LogP contribution is -2.30. The molecule has 0 radical (unpaired) electrons. The maximum Gasteiger partial charge on any atom is 0.256 e. The predicted molar refractivity (Wildman–Crippen MR) is 139 cm³/mol. The van der Waals surface area contributed by atoms with Crippen LogP contribution in [0.15, 0.2) is 59.5 Å². The summed E-state index contributed by atoms with van der Waals surface area (Å²) < 4.78 is 26.8. The molecule has 36 heavy (non-hydrogen) atoms. The van der Waals surface area contributed by atoms with Crippen LogP contribution < -0.4 is 11.1 Å². The standard InChI is InChI=1S/C26H28N4O4S2/c1-29(19-9-10-19)36(33,34)20-11-7-18(8-12-20)25(32)28-26-23(24(27)31)21-13-14-30(16-22(21)35-26)15-17-5-3-2-4-6-17/h2-8,11-12,19H,9-10,13-16H2,1H3,(H2,27,31)(H,28,32). The van der Waals surface area contributed by atoms with Gasteiger partial charge in [0.1, 0.15) is 5.00 Å². The fourth-order valence-corrected chi connectivity index (χ4v) is 7.24. The van der Waals surface area contributed by atoms with E-state index in [2.05, 4.69) is 22.3 Å². The average molecular weight is 525 g/mol. The quantitative estimate of drug-likeness (QED) is 0.469. The highest BCUT2D eigenvalue weighted by atomic mass is 32.2. The number of amides is 2. The first-order chi connectivity index (χ1) is 17.2. The van der Waals surface area contributed by atoms with Crippen molar-refractivity contribution < 1.29 is 18.0 Å². The van der Waals surface area contributed by atoms with Crippen molar-refractivity contribution in [3.63, 3.8) is 0 Å². The van der Waals surface area contributed by atoms with Gasteiger partial charge in [-0.2, -0.15) is 4.31 Å². The van der Waals surface area contributed by atoms with Crippen molar-refractivity contribution >= 4 is 38.2 Å². The summed E-state index contributed by atoms with van der Waals surface area (Å²) in [7, 11) is -2.01. The van der Waals surface area contributed by atoms with Crippen LogP contribution in [0.1, 0.15) is 49.6 Å². The average Bonchev–Trinajstić information content (AvgIpc) is 3.65. The number of fused-ring (bicyclic) bond motifs is 1. The van der Waals surface area contributed by atoms with Gasteiger partial charge in [0.2, 0.25) is 10.0 Å². The van der Waals surface area contributed by atoms with Crippen LogP contribution in [0.4, 0.5) is 5.00 Å². The third-order valence-corrected chi connectivity index (χ3v) is 9.77. The molecule has 2 aromatic carbocycles. The number of benzene rings is 2. The molecule has 1 aromatic heterocycles. The minimum absolute atomic E-state index is 0.0543. The monoisotopic (exact) mass is 524 g/mol. The van der Waals surface area contributed by atoms with Crippen LogP contribution in [0, 0.1) is 0 Å². The van der Waals surface area contributed by atoms with Crippen molar-refractivity contribution in [2.45, 2.75) is 43.3 Å². The fourth-order valence-electron chi connectivity index (χ4n) is 4.54. The zero-order chi connectivity index (χ0) is 25.4. The Morgan fingerprint density at radius 2 is 1.81 bits per heavy atom. The van der Waals surface area contributed by atoms with E-state index in [1.54, 1.807) is 7.05 Å². The Kier molecular flexibility index (Phi) is 6.69. The smallest absolute Gasteiger partial charge is 0.256 e. The molecule has 0 atom stereocenters. The second-order valence-corrected chi connectivity index (χ2v) is 12.4. The molecule has 0 saturated heterocycles. The molecule has 188 valence electrons. The van der Waals surface area contributed by atoms with E-state index < -0.39 is 21.8 Å². The largest absolute Gasteiger partial charge is 0.365 e. The van der Waals surface area contributed by atoms with Crippen LogP contribution in [0.2, 0.25) is 0 Å². The van der Waals surface area contributed by atoms with Crippen LogP contribution in [0.3, 0.4) is 0 Å². The SMILES string of the molecule is CN(C1CC1)S(=O)(=O)c1ccc(C(=O)Nc2sc3c(c2C(N)=O)CCN(Cc2ccccc2)C3)cc1. The molecule has 0 unspecified atom stereocenters. The highest BCUT2D eigenvalue weighted by Gasteiger charge is 2.35. The Bertz CT molecular complexity index is 1400. The summed E-state index contributed by atoms with van der Waals surface area (Å²) in [5, 5.41) is 3.27. The van der Waals surface area contributed by atoms with Gasteiger partial charge in [0, 0.05) is 43.2 Å². The van der Waals surface area contributed by atoms with Crippen LogP contribution in [0.25, 0.3) is 0 Å². The molecular weight excluding hydrogens is 496 g/mol. The highest BCUT2D eigenvalue weighted by molar-refractivity contribution is 7.89. The summed E-state index contributed by atoms with van der Waals surface area (Å²) in [4.78, 5) is 28.8. The maximum absolute atomic E-state index is 13.0. The van der Waals surface area contributed by atoms with E-state index in [0.29, 0.717) is 29.1 Å². The number of sulfonamides is 1. The van der Waals surface area contributed by atoms with Gasteiger partial charge in [-0.25, -0.2) is 8.42 Å². The number of thiophene rings is 1. The Morgan fingerprint density at radius 3 is 2.44 bits per heavy atom. The van der Waals surface area contributed by atoms with Gasteiger partial charge < -0.3 is 11.1 Å². The van der Waals surface area contributed by atoms with Crippen LogP contribution in [-0.4, -0.2) is 49.1 Å². The zero-order valence-electron chi connectivity index (χ0n) is 19.9. The molecule has 3 N–H and O–H groups in total. The molecule has 1 aliphatic carbocycles. The molecule has 1 aliphatic heterocycles. The van der Waals surface area contributed by atoms with Gasteiger partial charge in [0.15, 0.2) is 0 Å². The lowest BCUT2D eigenvalue weighted by molar-refractivity contribution is 0.0999. The third kappa shape index (κ3) is 4.94. The van der Waals surface area contributed by atoms with Gasteiger partial charge in [0.05, 0.1) is 10.5 Å². The molecule has 0 spiro atoms. The zero-order valence-corrected chi connectivity index (χ0v) is 21.6. The van der Waals surface area contributed by atoms with Crippen molar-refractivity contribution in [2.75, 3.05) is 18.9 Å². The van der Waals surface area contributed by atoms with E-state index in [9.17, 15) is 18.0 Å². The normalized spacial score (nSPS) is 16.1. The van der Waals surface area contributed by atoms with Gasteiger partial charge in [-0.05, 0) is 54.7 Å². The van der Waals surface area contributed by atoms with Crippen molar-refractivity contribution in [2.24, 2.45) is 5.73 Å². The summed E-state index contributed by atoms with van der Waals surface area (Å²) >= 11 is 1.37. The summed E-state index contributed by atoms with van der Waals surface area (Å²) in [5.74, 6) is -0.986. The minimum atomic E-state index is -3.59. The summed E-state index contributed by atoms with van der Waals surface area (Å²) in [6.45, 7) is 2.26. The molecule has 1 fully saturated rings. The second kappa shape index (κ2) is 9.78. The molecular formula is C26H28N4O4S2. The molecule has 3 aromatic rings. The van der Waals surface area contributed by atoms with Gasteiger partial charge in [-0.1, -0.05) is 30.3 Å². The summed E-state index contributed by atoms with van der Waals surface area (Å²) in [5.41, 5.74) is 8.50. The topological polar surface area (TPSA) is 113 Å². The van der Waals surface area contributed by atoms with E-state index >= 15 is 0 Å². The van der Waals surface area contributed by atoms with Crippen LogP contribution in [0.5, 0.6) is 0 Å². The van der Waals surface area contributed by atoms with Crippen molar-refractivity contribution in [3.8, 4) is 0 Å². The van der Waals surface area contributed by atoms with Crippen LogP contribution >= 0.6 is 11.3 Å². The number of nitrogens with two attached hydrogens (primary N) is 1. The predicted octanol–water partition coefficient (Wildman–Crippen LogP) is 3.44. The number of rotatable bonds is 8. The first kappa shape index (κ1) is 24.6. The van der Waals surface area contributed by atoms with E-state index in [0.717, 1.165) is 36.4 Å². The second-order valence-electron chi connectivity index (χ2n) is 9.25. The number of nitrogens with zero attached hydrogens (tertiary/aromatic N) is 2. The van der Waals surface area contributed by atoms with E-state index in [1.807, 2.05) is 18.2 Å². The van der Waals surface area contributed by atoms with Gasteiger partial charge in [0.25, 0.3) is 11.8 Å².